The number of aliphatic hydroxyl groups excluding tert-OH is 1. The summed E-state index contributed by atoms with van der Waals surface area (Å²) in [6.07, 6.45) is 43.4. The number of carbonyl (C=O) groups is 4. The van der Waals surface area contributed by atoms with Crippen LogP contribution in [0.25, 0.3) is 0 Å². The molecule has 2 unspecified atom stereocenters. The minimum Gasteiger partial charge on any atom is -0.462 e. The van der Waals surface area contributed by atoms with Crippen molar-refractivity contribution in [2.24, 2.45) is 11.8 Å². The zero-order valence-corrected chi connectivity index (χ0v) is 57.4. The second-order valence-electron chi connectivity index (χ2n) is 25.2. The van der Waals surface area contributed by atoms with Gasteiger partial charge in [0.05, 0.1) is 26.4 Å². The van der Waals surface area contributed by atoms with E-state index in [-0.39, 0.29) is 25.7 Å². The SMILES string of the molecule is CCCCCCCCCCCCCCCC(=O)OC[C@H](COP(=O)(O)OC[C@@H](O)COP(=O)(O)OC[C@@H](COC(=O)CCCCCCC)OC(=O)CCCCCCCCCCC(C)C)OC(=O)CCCCCCCCCCCCCCCCC(C)C. The molecule has 0 rings (SSSR count). The van der Waals surface area contributed by atoms with E-state index in [2.05, 4.69) is 41.5 Å². The summed E-state index contributed by atoms with van der Waals surface area (Å²) in [7, 11) is -9.88. The van der Waals surface area contributed by atoms with Gasteiger partial charge in [-0.3, -0.25) is 37.3 Å². The predicted molar refractivity (Wildman–Crippen MR) is 345 cm³/mol. The Hall–Kier alpha value is -1.94. The smallest absolute Gasteiger partial charge is 0.462 e. The van der Waals surface area contributed by atoms with Crippen molar-refractivity contribution in [2.75, 3.05) is 39.6 Å². The molecule has 86 heavy (non-hydrogen) atoms. The molecule has 0 saturated carbocycles. The molecule has 0 aliphatic carbocycles. The maximum Gasteiger partial charge on any atom is 0.472 e. The van der Waals surface area contributed by atoms with Crippen molar-refractivity contribution in [2.45, 2.75) is 355 Å². The molecule has 17 nitrogen and oxygen atoms in total. The fourth-order valence-electron chi connectivity index (χ4n) is 10.1. The molecule has 0 aromatic rings. The third kappa shape index (κ3) is 60.9. The summed E-state index contributed by atoms with van der Waals surface area (Å²) in [6, 6.07) is 0. The molecule has 0 amide bonds. The molecule has 5 atom stereocenters. The lowest BCUT2D eigenvalue weighted by Gasteiger charge is -2.21. The maximum absolute atomic E-state index is 13.0. The quantitative estimate of drug-likeness (QED) is 0.0222. The van der Waals surface area contributed by atoms with E-state index in [1.165, 1.54) is 148 Å². The van der Waals surface area contributed by atoms with Gasteiger partial charge in [0.2, 0.25) is 0 Å². The van der Waals surface area contributed by atoms with Crippen LogP contribution >= 0.6 is 15.6 Å². The van der Waals surface area contributed by atoms with E-state index in [1.54, 1.807) is 0 Å². The molecule has 0 aromatic heterocycles. The monoisotopic (exact) mass is 1270 g/mol. The topological polar surface area (TPSA) is 237 Å². The van der Waals surface area contributed by atoms with Gasteiger partial charge in [-0.25, -0.2) is 9.13 Å². The molecule has 0 aromatic carbocycles. The molecule has 0 saturated heterocycles. The molecule has 0 aliphatic heterocycles. The normalized spacial score (nSPS) is 14.2. The number of hydrogen-bond donors (Lipinski definition) is 3. The van der Waals surface area contributed by atoms with Crippen molar-refractivity contribution in [1.82, 2.24) is 0 Å². The molecule has 3 N–H and O–H groups in total. The fraction of sp³-hybridized carbons (Fsp3) is 0.940. The molecule has 0 radical (unpaired) electrons. The highest BCUT2D eigenvalue weighted by atomic mass is 31.2. The van der Waals surface area contributed by atoms with E-state index < -0.39 is 97.5 Å². The highest BCUT2D eigenvalue weighted by molar-refractivity contribution is 7.47. The third-order valence-corrected chi connectivity index (χ3v) is 17.4. The van der Waals surface area contributed by atoms with Crippen molar-refractivity contribution in [3.8, 4) is 0 Å². The van der Waals surface area contributed by atoms with Gasteiger partial charge >= 0.3 is 39.5 Å². The van der Waals surface area contributed by atoms with Crippen molar-refractivity contribution in [3.63, 3.8) is 0 Å². The summed E-state index contributed by atoms with van der Waals surface area (Å²) in [5.74, 6) is -0.626. The average Bonchev–Trinajstić information content (AvgIpc) is 3.53. The van der Waals surface area contributed by atoms with Crippen LogP contribution in [0.2, 0.25) is 0 Å². The zero-order valence-electron chi connectivity index (χ0n) is 55.6. The fourth-order valence-corrected chi connectivity index (χ4v) is 11.6. The average molecular weight is 1270 g/mol. The number of ether oxygens (including phenoxy) is 4. The first kappa shape index (κ1) is 84.1. The Morgan fingerprint density at radius 3 is 0.791 bits per heavy atom. The molecular weight excluding hydrogens is 1140 g/mol. The van der Waals surface area contributed by atoms with Gasteiger partial charge in [-0.15, -0.1) is 0 Å². The van der Waals surface area contributed by atoms with Crippen LogP contribution in [0.5, 0.6) is 0 Å². The lowest BCUT2D eigenvalue weighted by Crippen LogP contribution is -2.30. The van der Waals surface area contributed by atoms with Gasteiger partial charge in [-0.05, 0) is 37.5 Å². The third-order valence-electron chi connectivity index (χ3n) is 15.5. The largest absolute Gasteiger partial charge is 0.472 e. The number of hydrogen-bond acceptors (Lipinski definition) is 15. The zero-order chi connectivity index (χ0) is 63.6. The summed E-state index contributed by atoms with van der Waals surface area (Å²) < 4.78 is 67.9. The molecule has 0 aliphatic rings. The summed E-state index contributed by atoms with van der Waals surface area (Å²) in [5.41, 5.74) is 0. The van der Waals surface area contributed by atoms with Crippen LogP contribution in [0.1, 0.15) is 337 Å². The lowest BCUT2D eigenvalue weighted by molar-refractivity contribution is -0.161. The number of rotatable bonds is 66. The standard InChI is InChI=1S/C67H130O17P2/c1-7-9-11-13-14-15-16-19-23-26-32-38-44-50-65(70)78-56-63(84-66(71)51-45-39-33-27-24-21-18-17-20-22-25-30-36-41-47-59(3)4)58-82-86(75,76)80-54-61(68)53-79-85(73,74)81-57-62(55-77-64(69)49-43-35-12-10-8-2)83-67(72)52-46-40-34-29-28-31-37-42-48-60(5)6/h59-63,68H,7-58H2,1-6H3,(H,73,74)(H,75,76)/t61-,62+,63+/m0/s1. The minimum atomic E-state index is -4.95. The Balaban J connectivity index is 5.16. The first-order valence-corrected chi connectivity index (χ1v) is 38.0. The summed E-state index contributed by atoms with van der Waals surface area (Å²) >= 11 is 0. The second-order valence-corrected chi connectivity index (χ2v) is 28.1. The predicted octanol–water partition coefficient (Wildman–Crippen LogP) is 18.8. The van der Waals surface area contributed by atoms with Gasteiger partial charge in [0.25, 0.3) is 0 Å². The highest BCUT2D eigenvalue weighted by Gasteiger charge is 2.30. The van der Waals surface area contributed by atoms with Gasteiger partial charge in [-0.2, -0.15) is 0 Å². The van der Waals surface area contributed by atoms with Crippen molar-refractivity contribution < 1.29 is 80.2 Å². The first-order chi connectivity index (χ1) is 41.4. The van der Waals surface area contributed by atoms with E-state index in [0.29, 0.717) is 25.7 Å². The Bertz CT molecular complexity index is 1680. The van der Waals surface area contributed by atoms with Crippen LogP contribution < -0.4 is 0 Å². The summed E-state index contributed by atoms with van der Waals surface area (Å²) in [6.45, 7) is 9.42. The van der Waals surface area contributed by atoms with Crippen LogP contribution in [0.15, 0.2) is 0 Å². The van der Waals surface area contributed by atoms with Gasteiger partial charge in [-0.1, -0.05) is 286 Å². The lowest BCUT2D eigenvalue weighted by atomic mass is 10.0. The maximum atomic E-state index is 13.0. The molecule has 19 heteroatoms. The number of phosphoric ester groups is 2. The number of unbranched alkanes of at least 4 members (excludes halogenated alkanes) is 36. The first-order valence-electron chi connectivity index (χ1n) is 35.0. The van der Waals surface area contributed by atoms with Crippen LogP contribution in [-0.2, 0) is 65.4 Å². The van der Waals surface area contributed by atoms with Crippen LogP contribution in [0, 0.1) is 11.8 Å². The van der Waals surface area contributed by atoms with E-state index >= 15 is 0 Å². The van der Waals surface area contributed by atoms with E-state index in [0.717, 1.165) is 108 Å². The van der Waals surface area contributed by atoms with Gasteiger partial charge in [0, 0.05) is 25.7 Å². The second kappa shape index (κ2) is 59.4. The summed E-state index contributed by atoms with van der Waals surface area (Å²) in [5, 5.41) is 10.5. The van der Waals surface area contributed by atoms with Crippen LogP contribution in [0.4, 0.5) is 0 Å². The molecule has 0 bridgehead atoms. The van der Waals surface area contributed by atoms with Crippen molar-refractivity contribution in [1.29, 1.82) is 0 Å². The van der Waals surface area contributed by atoms with Gasteiger partial charge < -0.3 is 33.8 Å². The number of carbonyl (C=O) groups excluding carboxylic acids is 4. The molecule has 0 spiro atoms. The van der Waals surface area contributed by atoms with E-state index in [9.17, 15) is 43.2 Å². The van der Waals surface area contributed by atoms with E-state index in [4.69, 9.17) is 37.0 Å². The number of aliphatic hydroxyl groups is 1. The number of esters is 4. The number of phosphoric acid groups is 2. The Morgan fingerprint density at radius 2 is 0.535 bits per heavy atom. The van der Waals surface area contributed by atoms with Gasteiger partial charge in [0.15, 0.2) is 12.2 Å². The van der Waals surface area contributed by atoms with Gasteiger partial charge in [0.1, 0.15) is 19.3 Å². The molecular formula is C67H130O17P2. The Labute approximate surface area is 524 Å². The van der Waals surface area contributed by atoms with E-state index in [1.807, 2.05) is 0 Å². The molecule has 0 heterocycles. The van der Waals surface area contributed by atoms with Crippen molar-refractivity contribution in [3.05, 3.63) is 0 Å². The molecule has 510 valence electrons. The molecule has 0 fully saturated rings. The highest BCUT2D eigenvalue weighted by Crippen LogP contribution is 2.45. The summed E-state index contributed by atoms with van der Waals surface area (Å²) in [4.78, 5) is 72.1. The van der Waals surface area contributed by atoms with Crippen LogP contribution in [0.3, 0.4) is 0 Å². The van der Waals surface area contributed by atoms with Crippen LogP contribution in [-0.4, -0.2) is 96.7 Å². The minimum absolute atomic E-state index is 0.104. The van der Waals surface area contributed by atoms with Crippen molar-refractivity contribution >= 4 is 39.5 Å². The Morgan fingerprint density at radius 1 is 0.314 bits per heavy atom. The Kier molecular flexibility index (Phi) is 58.0.